The van der Waals surface area contributed by atoms with Crippen molar-refractivity contribution in [1.29, 1.82) is 0 Å². The Bertz CT molecular complexity index is 2340. The second-order valence-corrected chi connectivity index (χ2v) is 16.2. The number of hydrogen-bond acceptors (Lipinski definition) is 10. The molecule has 0 saturated carbocycles. The van der Waals surface area contributed by atoms with Gasteiger partial charge in [-0.3, -0.25) is 29.0 Å². The van der Waals surface area contributed by atoms with Crippen LogP contribution in [0.3, 0.4) is 0 Å². The number of aliphatic hydroxyl groups excluding tert-OH is 1. The number of ether oxygens (including phenoxy) is 1. The smallest absolute Gasteiger partial charge is 0.293 e. The zero-order valence-electron chi connectivity index (χ0n) is 32.9. The van der Waals surface area contributed by atoms with Crippen LogP contribution < -0.4 is 21.1 Å². The van der Waals surface area contributed by atoms with Crippen molar-refractivity contribution in [2.45, 2.75) is 64.8 Å². The van der Waals surface area contributed by atoms with Crippen LogP contribution in [0.15, 0.2) is 60.2 Å². The van der Waals surface area contributed by atoms with Gasteiger partial charge in [0.1, 0.15) is 17.6 Å². The molecular formula is C42H49N9O6. The number of hydrogen-bond donors (Lipinski definition) is 3. The molecule has 0 bridgehead atoms. The zero-order valence-corrected chi connectivity index (χ0v) is 32.9. The monoisotopic (exact) mass is 775 g/mol. The van der Waals surface area contributed by atoms with Gasteiger partial charge in [-0.2, -0.15) is 0 Å². The fraction of sp³-hybridized carbons (Fsp3) is 0.429. The van der Waals surface area contributed by atoms with Crippen molar-refractivity contribution >= 4 is 40.7 Å². The summed E-state index contributed by atoms with van der Waals surface area (Å²) in [5, 5.41) is 16.8. The lowest BCUT2D eigenvalue weighted by molar-refractivity contribution is -0.143. The number of aliphatic hydroxyl groups is 1. The van der Waals surface area contributed by atoms with E-state index in [0.29, 0.717) is 84.7 Å². The third-order valence-corrected chi connectivity index (χ3v) is 11.8. The number of anilines is 4. The minimum atomic E-state index is -0.641. The number of aromatic nitrogens is 4. The maximum Gasteiger partial charge on any atom is 0.293 e. The van der Waals surface area contributed by atoms with E-state index >= 15 is 0 Å². The minimum Gasteiger partial charge on any atom is -0.392 e. The molecular weight excluding hydrogens is 727 g/mol. The van der Waals surface area contributed by atoms with Gasteiger partial charge in [0, 0.05) is 106 Å². The number of carbonyl (C=O) groups is 3. The number of piperazine rings is 1. The normalized spacial score (nSPS) is 19.7. The molecule has 3 aliphatic heterocycles. The largest absolute Gasteiger partial charge is 0.392 e. The summed E-state index contributed by atoms with van der Waals surface area (Å²) in [5.74, 6) is -0.363. The van der Waals surface area contributed by atoms with Gasteiger partial charge >= 0.3 is 0 Å². The number of amides is 3. The molecule has 15 nitrogen and oxygen atoms in total. The van der Waals surface area contributed by atoms with Gasteiger partial charge in [0.25, 0.3) is 11.5 Å². The lowest BCUT2D eigenvalue weighted by Gasteiger charge is -2.45. The molecule has 1 unspecified atom stereocenters. The van der Waals surface area contributed by atoms with E-state index in [-0.39, 0.29) is 29.1 Å². The molecule has 3 amide bonds. The fourth-order valence-corrected chi connectivity index (χ4v) is 8.92. The van der Waals surface area contributed by atoms with Crippen molar-refractivity contribution in [1.82, 2.24) is 28.9 Å². The molecule has 0 radical (unpaired) electrons. The van der Waals surface area contributed by atoms with Crippen LogP contribution in [0.1, 0.15) is 65.6 Å². The summed E-state index contributed by atoms with van der Waals surface area (Å²) in [7, 11) is 3.39. The first-order chi connectivity index (χ1) is 27.4. The Hall–Kier alpha value is -5.64. The van der Waals surface area contributed by atoms with Crippen LogP contribution in [0.25, 0.3) is 11.3 Å². The van der Waals surface area contributed by atoms with Crippen molar-refractivity contribution in [3.63, 3.8) is 0 Å². The Morgan fingerprint density at radius 3 is 2.60 bits per heavy atom. The van der Waals surface area contributed by atoms with Gasteiger partial charge < -0.3 is 34.5 Å². The Balaban J connectivity index is 1.12. The van der Waals surface area contributed by atoms with E-state index in [2.05, 4.69) is 45.5 Å². The van der Waals surface area contributed by atoms with Gasteiger partial charge in [-0.05, 0) is 67.0 Å². The molecule has 1 aromatic carbocycles. The molecule has 1 aliphatic carbocycles. The number of rotatable bonds is 9. The number of aryl methyl sites for hydroxylation is 1. The van der Waals surface area contributed by atoms with E-state index in [1.807, 2.05) is 6.07 Å². The molecule has 3 aromatic heterocycles. The first-order valence-corrected chi connectivity index (χ1v) is 19.5. The van der Waals surface area contributed by atoms with Crippen molar-refractivity contribution in [3.05, 3.63) is 93.8 Å². The van der Waals surface area contributed by atoms with Crippen LogP contribution in [0, 0.1) is 5.41 Å². The highest BCUT2D eigenvalue weighted by Gasteiger charge is 2.40. The highest BCUT2D eigenvalue weighted by Crippen LogP contribution is 2.41. The predicted octanol–water partition coefficient (Wildman–Crippen LogP) is 3.78. The molecule has 8 rings (SSSR count). The van der Waals surface area contributed by atoms with Gasteiger partial charge in [-0.15, -0.1) is 0 Å². The lowest BCUT2D eigenvalue weighted by Crippen LogP contribution is -2.55. The molecule has 4 aromatic rings. The second-order valence-electron chi connectivity index (χ2n) is 16.2. The van der Waals surface area contributed by atoms with E-state index in [1.54, 1.807) is 60.6 Å². The lowest BCUT2D eigenvalue weighted by atomic mass is 9.90. The van der Waals surface area contributed by atoms with E-state index < -0.39 is 24.1 Å². The van der Waals surface area contributed by atoms with Crippen molar-refractivity contribution in [2.75, 3.05) is 55.4 Å². The predicted molar refractivity (Wildman–Crippen MR) is 215 cm³/mol. The third kappa shape index (κ3) is 7.04. The number of likely N-dealkylation sites (N-methyl/N-ethyl adjacent to an activating group) is 1. The van der Waals surface area contributed by atoms with Gasteiger partial charge in [-0.1, -0.05) is 26.5 Å². The first kappa shape index (κ1) is 38.2. The molecule has 6 heterocycles. The van der Waals surface area contributed by atoms with E-state index in [9.17, 15) is 24.3 Å². The maximum atomic E-state index is 14.0. The summed E-state index contributed by atoms with van der Waals surface area (Å²) in [6.45, 7) is 11.2. The molecule has 3 N–H and O–H groups in total. The van der Waals surface area contributed by atoms with Crippen molar-refractivity contribution < 1.29 is 24.2 Å². The summed E-state index contributed by atoms with van der Waals surface area (Å²) >= 11 is 0. The van der Waals surface area contributed by atoms with Gasteiger partial charge in [0.05, 0.1) is 12.3 Å². The Morgan fingerprint density at radius 2 is 1.84 bits per heavy atom. The van der Waals surface area contributed by atoms with E-state index in [4.69, 9.17) is 9.72 Å². The molecule has 4 aliphatic rings. The van der Waals surface area contributed by atoms with Crippen LogP contribution in [0.2, 0.25) is 0 Å². The SMILES string of the molecule is C=CC(=O)Nc1cc(Nc2nc(-c3ccnc(N4CCn5c(cc6c5CC(C)(C)C6)C4=O)c3CO)cn(C)c2=O)ccc1C1C(=O)N(C)CCN1C1CCOCC1. The fourth-order valence-electron chi connectivity index (χ4n) is 8.92. The van der Waals surface area contributed by atoms with Crippen LogP contribution in [-0.4, -0.2) is 97.7 Å². The number of fused-ring (bicyclic) bond motifs is 3. The summed E-state index contributed by atoms with van der Waals surface area (Å²) < 4.78 is 9.14. The number of pyridine rings is 1. The molecule has 2 fully saturated rings. The molecule has 15 heteroatoms. The van der Waals surface area contributed by atoms with Crippen LogP contribution in [0.5, 0.6) is 0 Å². The van der Waals surface area contributed by atoms with Crippen molar-refractivity contribution in [2.24, 2.45) is 12.5 Å². The molecule has 57 heavy (non-hydrogen) atoms. The number of benzene rings is 1. The van der Waals surface area contributed by atoms with Gasteiger partial charge in [0.15, 0.2) is 5.82 Å². The Labute approximate surface area is 331 Å². The quantitative estimate of drug-likeness (QED) is 0.213. The van der Waals surface area contributed by atoms with Crippen LogP contribution >= 0.6 is 0 Å². The van der Waals surface area contributed by atoms with Crippen LogP contribution in [-0.2, 0) is 47.4 Å². The van der Waals surface area contributed by atoms with Gasteiger partial charge in [-0.25, -0.2) is 9.97 Å². The molecule has 298 valence electrons. The zero-order chi connectivity index (χ0) is 40.2. The van der Waals surface area contributed by atoms with E-state index in [0.717, 1.165) is 25.7 Å². The van der Waals surface area contributed by atoms with Gasteiger partial charge in [0.2, 0.25) is 11.8 Å². The number of nitrogens with zero attached hydrogens (tertiary/aromatic N) is 7. The summed E-state index contributed by atoms with van der Waals surface area (Å²) in [5.41, 5.74) is 5.56. The first-order valence-electron chi connectivity index (χ1n) is 19.5. The maximum absolute atomic E-state index is 14.0. The van der Waals surface area contributed by atoms with Crippen molar-refractivity contribution in [3.8, 4) is 11.3 Å². The number of nitrogens with one attached hydrogen (secondary N) is 2. The van der Waals surface area contributed by atoms with E-state index in [1.165, 1.54) is 21.9 Å². The summed E-state index contributed by atoms with van der Waals surface area (Å²) in [6.07, 6.45) is 7.76. The summed E-state index contributed by atoms with van der Waals surface area (Å²) in [6, 6.07) is 8.45. The highest BCUT2D eigenvalue weighted by molar-refractivity contribution is 6.06. The number of carbonyl (C=O) groups excluding carboxylic acids is 3. The molecule has 2 saturated heterocycles. The highest BCUT2D eigenvalue weighted by atomic mass is 16.5. The second kappa shape index (κ2) is 15.0. The standard InChI is InChI=1S/C42H49N9O6/c1-6-35(53)45-31-20-26(7-8-29(31)36-40(55)47(4)13-14-49(36)27-10-17-57-18-11-27)44-37-41(56)48(5)23-32(46-37)28-9-12-43-38(30(28)24-52)51-16-15-50-33(39(51)54)19-25-21-42(2,3)22-34(25)50/h6-9,12,19-20,23,27,36,52H,1,10-11,13-18,21-22,24H2,2-5H3,(H,44,46)(H,45,53). The average Bonchev–Trinajstić information content (AvgIpc) is 3.70. The average molecular weight is 776 g/mol. The third-order valence-electron chi connectivity index (χ3n) is 11.8. The van der Waals surface area contributed by atoms with Crippen LogP contribution in [0.4, 0.5) is 23.0 Å². The molecule has 1 atom stereocenters. The minimum absolute atomic E-state index is 0.00683. The topological polar surface area (TPSA) is 167 Å². The summed E-state index contributed by atoms with van der Waals surface area (Å²) in [4.78, 5) is 69.0. The molecule has 0 spiro atoms. The Morgan fingerprint density at radius 1 is 1.05 bits per heavy atom. The Kier molecular flexibility index (Phi) is 10.1.